The fourth-order valence-electron chi connectivity index (χ4n) is 2.99. The third kappa shape index (κ3) is 3.88. The van der Waals surface area contributed by atoms with Gasteiger partial charge in [-0.15, -0.1) is 0 Å². The summed E-state index contributed by atoms with van der Waals surface area (Å²) < 4.78 is 7.81. The highest BCUT2D eigenvalue weighted by molar-refractivity contribution is 6.04. The molecular weight excluding hydrogens is 350 g/mol. The van der Waals surface area contributed by atoms with Crippen LogP contribution in [-0.2, 0) is 6.61 Å². The number of ether oxygens (including phenoxy) is 1. The normalized spacial score (nSPS) is 10.8. The molecule has 4 rings (SSSR count). The van der Waals surface area contributed by atoms with Gasteiger partial charge in [0.2, 0.25) is 0 Å². The quantitative estimate of drug-likeness (QED) is 0.549. The Kier molecular flexibility index (Phi) is 4.81. The topological polar surface area (TPSA) is 55.6 Å². The molecule has 5 heteroatoms. The standard InChI is InChI=1S/C23H21N3O2/c1-16-7-12-22-24-19(14-26(22)13-16)15-28-20-10-8-18(9-11-20)23(27)25-21-6-4-3-5-17(21)2/h3-14H,15H2,1-2H3,(H,25,27). The largest absolute Gasteiger partial charge is 0.487 e. The predicted octanol–water partition coefficient (Wildman–Crippen LogP) is 4.78. The van der Waals surface area contributed by atoms with Gasteiger partial charge in [-0.1, -0.05) is 24.3 Å². The van der Waals surface area contributed by atoms with Gasteiger partial charge in [0.1, 0.15) is 18.0 Å². The van der Waals surface area contributed by atoms with Gasteiger partial charge in [-0.25, -0.2) is 4.98 Å². The van der Waals surface area contributed by atoms with Gasteiger partial charge in [0.05, 0.1) is 5.69 Å². The Morgan fingerprint density at radius 2 is 1.79 bits per heavy atom. The van der Waals surface area contributed by atoms with Gasteiger partial charge < -0.3 is 14.5 Å². The second kappa shape index (κ2) is 7.56. The number of nitrogens with zero attached hydrogens (tertiary/aromatic N) is 2. The Morgan fingerprint density at radius 3 is 2.57 bits per heavy atom. The van der Waals surface area contributed by atoms with E-state index in [1.54, 1.807) is 24.3 Å². The molecule has 0 aliphatic heterocycles. The number of imidazole rings is 1. The molecule has 0 bridgehead atoms. The summed E-state index contributed by atoms with van der Waals surface area (Å²) in [7, 11) is 0. The van der Waals surface area contributed by atoms with E-state index in [-0.39, 0.29) is 5.91 Å². The Bertz CT molecular complexity index is 1130. The molecule has 0 atom stereocenters. The number of nitrogens with one attached hydrogen (secondary N) is 1. The number of carbonyl (C=O) groups is 1. The minimum Gasteiger partial charge on any atom is -0.487 e. The number of amides is 1. The monoisotopic (exact) mass is 371 g/mol. The number of anilines is 1. The van der Waals surface area contributed by atoms with Gasteiger partial charge >= 0.3 is 0 Å². The van der Waals surface area contributed by atoms with Crippen molar-refractivity contribution in [3.05, 3.63) is 95.4 Å². The lowest BCUT2D eigenvalue weighted by molar-refractivity contribution is 0.102. The number of rotatable bonds is 5. The molecule has 0 saturated heterocycles. The summed E-state index contributed by atoms with van der Waals surface area (Å²) in [4.78, 5) is 17.0. The first-order valence-corrected chi connectivity index (χ1v) is 9.12. The fraction of sp³-hybridized carbons (Fsp3) is 0.130. The zero-order valence-corrected chi connectivity index (χ0v) is 15.8. The van der Waals surface area contributed by atoms with E-state index in [0.717, 1.165) is 22.6 Å². The molecule has 0 aliphatic carbocycles. The van der Waals surface area contributed by atoms with Crippen LogP contribution in [-0.4, -0.2) is 15.3 Å². The highest BCUT2D eigenvalue weighted by Crippen LogP contribution is 2.18. The molecular formula is C23H21N3O2. The molecule has 5 nitrogen and oxygen atoms in total. The summed E-state index contributed by atoms with van der Waals surface area (Å²) in [5.74, 6) is 0.553. The zero-order valence-electron chi connectivity index (χ0n) is 15.8. The molecule has 140 valence electrons. The lowest BCUT2D eigenvalue weighted by Crippen LogP contribution is -2.12. The van der Waals surface area contributed by atoms with Crippen LogP contribution in [0.1, 0.15) is 27.2 Å². The smallest absolute Gasteiger partial charge is 0.255 e. The van der Waals surface area contributed by atoms with Crippen LogP contribution in [0.3, 0.4) is 0 Å². The lowest BCUT2D eigenvalue weighted by atomic mass is 10.1. The first-order chi connectivity index (χ1) is 13.6. The van der Waals surface area contributed by atoms with Crippen molar-refractivity contribution >= 4 is 17.2 Å². The van der Waals surface area contributed by atoms with Crippen molar-refractivity contribution in [2.45, 2.75) is 20.5 Å². The molecule has 2 aromatic carbocycles. The maximum absolute atomic E-state index is 12.4. The van der Waals surface area contributed by atoms with Crippen molar-refractivity contribution in [1.29, 1.82) is 0 Å². The number of fused-ring (bicyclic) bond motifs is 1. The second-order valence-electron chi connectivity index (χ2n) is 6.79. The fourth-order valence-corrected chi connectivity index (χ4v) is 2.99. The third-order valence-electron chi connectivity index (χ3n) is 4.55. The van der Waals surface area contributed by atoms with Crippen LogP contribution in [0.2, 0.25) is 0 Å². The minimum atomic E-state index is -0.142. The highest BCUT2D eigenvalue weighted by atomic mass is 16.5. The van der Waals surface area contributed by atoms with Crippen molar-refractivity contribution in [3.63, 3.8) is 0 Å². The average molecular weight is 371 g/mol. The maximum atomic E-state index is 12.4. The van der Waals surface area contributed by atoms with Crippen molar-refractivity contribution in [2.75, 3.05) is 5.32 Å². The van der Waals surface area contributed by atoms with Crippen molar-refractivity contribution in [2.24, 2.45) is 0 Å². The van der Waals surface area contributed by atoms with Gasteiger partial charge in [-0.2, -0.15) is 0 Å². The molecule has 0 saturated carbocycles. The van der Waals surface area contributed by atoms with E-state index < -0.39 is 0 Å². The molecule has 0 spiro atoms. The molecule has 28 heavy (non-hydrogen) atoms. The summed E-state index contributed by atoms with van der Waals surface area (Å²) in [6, 6.07) is 18.8. The summed E-state index contributed by atoms with van der Waals surface area (Å²) in [6.07, 6.45) is 4.00. The second-order valence-corrected chi connectivity index (χ2v) is 6.79. The van der Waals surface area contributed by atoms with Gasteiger partial charge in [-0.3, -0.25) is 4.79 Å². The van der Waals surface area contributed by atoms with Crippen LogP contribution >= 0.6 is 0 Å². The highest BCUT2D eigenvalue weighted by Gasteiger charge is 2.08. The Balaban J connectivity index is 1.40. The van der Waals surface area contributed by atoms with Crippen LogP contribution in [0, 0.1) is 13.8 Å². The number of hydrogen-bond acceptors (Lipinski definition) is 3. The Hall–Kier alpha value is -3.60. The summed E-state index contributed by atoms with van der Waals surface area (Å²) >= 11 is 0. The van der Waals surface area contributed by atoms with Crippen LogP contribution in [0.15, 0.2) is 73.1 Å². The molecule has 0 unspecified atom stereocenters. The Labute approximate surface area is 163 Å². The third-order valence-corrected chi connectivity index (χ3v) is 4.55. The van der Waals surface area contributed by atoms with E-state index >= 15 is 0 Å². The van der Waals surface area contributed by atoms with E-state index in [1.165, 1.54) is 5.56 Å². The number of carbonyl (C=O) groups excluding carboxylic acids is 1. The maximum Gasteiger partial charge on any atom is 0.255 e. The first kappa shape index (κ1) is 17.8. The number of benzene rings is 2. The number of para-hydroxylation sites is 1. The zero-order chi connectivity index (χ0) is 19.5. The number of hydrogen-bond donors (Lipinski definition) is 1. The molecule has 4 aromatic rings. The number of aryl methyl sites for hydroxylation is 2. The van der Waals surface area contributed by atoms with E-state index in [9.17, 15) is 4.79 Å². The van der Waals surface area contributed by atoms with E-state index in [0.29, 0.717) is 17.9 Å². The molecule has 0 aliphatic rings. The Morgan fingerprint density at radius 1 is 1.00 bits per heavy atom. The molecule has 0 fully saturated rings. The lowest BCUT2D eigenvalue weighted by Gasteiger charge is -2.09. The van der Waals surface area contributed by atoms with E-state index in [2.05, 4.69) is 10.3 Å². The average Bonchev–Trinajstić information content (AvgIpc) is 3.10. The molecule has 2 heterocycles. The van der Waals surface area contributed by atoms with Crippen molar-refractivity contribution in [1.82, 2.24) is 9.38 Å². The van der Waals surface area contributed by atoms with Crippen LogP contribution < -0.4 is 10.1 Å². The van der Waals surface area contributed by atoms with Crippen LogP contribution in [0.4, 0.5) is 5.69 Å². The number of pyridine rings is 1. The van der Waals surface area contributed by atoms with Gasteiger partial charge in [0, 0.05) is 23.6 Å². The SMILES string of the molecule is Cc1ccc2nc(COc3ccc(C(=O)Nc4ccccc4C)cc3)cn2c1. The summed E-state index contributed by atoms with van der Waals surface area (Å²) in [5.41, 5.74) is 5.35. The van der Waals surface area contributed by atoms with Gasteiger partial charge in [0.15, 0.2) is 0 Å². The summed E-state index contributed by atoms with van der Waals surface area (Å²) in [5, 5.41) is 2.93. The minimum absolute atomic E-state index is 0.142. The summed E-state index contributed by atoms with van der Waals surface area (Å²) in [6.45, 7) is 4.38. The van der Waals surface area contributed by atoms with Gasteiger partial charge in [0.25, 0.3) is 5.91 Å². The van der Waals surface area contributed by atoms with Gasteiger partial charge in [-0.05, 0) is 61.4 Å². The molecule has 0 radical (unpaired) electrons. The predicted molar refractivity (Wildman–Crippen MR) is 110 cm³/mol. The van der Waals surface area contributed by atoms with E-state index in [1.807, 2.05) is 67.0 Å². The van der Waals surface area contributed by atoms with Crippen molar-refractivity contribution in [3.8, 4) is 5.75 Å². The molecule has 2 aromatic heterocycles. The van der Waals surface area contributed by atoms with E-state index in [4.69, 9.17) is 4.74 Å². The molecule has 1 N–H and O–H groups in total. The molecule has 1 amide bonds. The number of aromatic nitrogens is 2. The van der Waals surface area contributed by atoms with Crippen LogP contribution in [0.25, 0.3) is 5.65 Å². The van der Waals surface area contributed by atoms with Crippen molar-refractivity contribution < 1.29 is 9.53 Å². The van der Waals surface area contributed by atoms with Crippen LogP contribution in [0.5, 0.6) is 5.75 Å². The first-order valence-electron chi connectivity index (χ1n) is 9.12.